The predicted molar refractivity (Wildman–Crippen MR) is 418 cm³/mol. The number of aliphatic hydroxyl groups excluding tert-OH is 1. The zero-order valence-electron chi connectivity index (χ0n) is 66.9. The highest BCUT2D eigenvalue weighted by molar-refractivity contribution is 7.47. The number of carbonyl (C=O) groups is 4. The van der Waals surface area contributed by atoms with Crippen LogP contribution in [0.2, 0.25) is 0 Å². The molecule has 0 aliphatic carbocycles. The van der Waals surface area contributed by atoms with Crippen molar-refractivity contribution in [2.24, 2.45) is 11.8 Å². The number of unbranched alkanes of at least 4 members (excludes halogenated alkanes) is 52. The normalized spacial score (nSPS) is 13.9. The van der Waals surface area contributed by atoms with Crippen LogP contribution in [0, 0.1) is 11.8 Å². The number of rotatable bonds is 82. The Kier molecular flexibility index (Phi) is 73.1. The van der Waals surface area contributed by atoms with Crippen LogP contribution in [0.15, 0.2) is 0 Å². The lowest BCUT2D eigenvalue weighted by Gasteiger charge is -2.21. The number of carbonyl (C=O) groups excluding carboxylic acids is 4. The van der Waals surface area contributed by atoms with Gasteiger partial charge in [-0.1, -0.05) is 388 Å². The lowest BCUT2D eigenvalue weighted by Crippen LogP contribution is -2.30. The van der Waals surface area contributed by atoms with E-state index in [1.54, 1.807) is 0 Å². The van der Waals surface area contributed by atoms with E-state index in [-0.39, 0.29) is 25.7 Å². The third-order valence-electron chi connectivity index (χ3n) is 19.5. The second-order valence-electron chi connectivity index (χ2n) is 30.8. The van der Waals surface area contributed by atoms with Gasteiger partial charge in [0.15, 0.2) is 12.2 Å². The number of phosphoric ester groups is 2. The lowest BCUT2D eigenvalue weighted by atomic mass is 10.0. The summed E-state index contributed by atoms with van der Waals surface area (Å²) in [6, 6.07) is 0. The highest BCUT2D eigenvalue weighted by Gasteiger charge is 2.30. The average molecular weight is 1490 g/mol. The van der Waals surface area contributed by atoms with Gasteiger partial charge in [-0.3, -0.25) is 37.3 Å². The first-order chi connectivity index (χ1) is 49.4. The topological polar surface area (TPSA) is 237 Å². The second kappa shape index (κ2) is 74.5. The largest absolute Gasteiger partial charge is 0.472 e. The van der Waals surface area contributed by atoms with E-state index in [1.165, 1.54) is 250 Å². The summed E-state index contributed by atoms with van der Waals surface area (Å²) in [7, 11) is -9.92. The van der Waals surface area contributed by atoms with Crippen molar-refractivity contribution in [2.75, 3.05) is 39.6 Å². The SMILES string of the molecule is CCCCCCCCCCCCCCCCCCCCCCCCC(=O)O[C@H](COC(=O)CCCCCCCCCCCCCCCCCCCCC(C)C)COP(=O)(O)OC[C@@H](O)COP(=O)(O)OC[C@@H](COC(=O)CCCCCCCCC(C)C)OC(=O)CCCCCCCCCCCC. The molecule has 102 heavy (non-hydrogen) atoms. The molecule has 0 heterocycles. The van der Waals surface area contributed by atoms with Crippen LogP contribution in [0.4, 0.5) is 0 Å². The first kappa shape index (κ1) is 100. The smallest absolute Gasteiger partial charge is 0.462 e. The number of ether oxygens (including phenoxy) is 4. The Morgan fingerprint density at radius 2 is 0.451 bits per heavy atom. The molecule has 606 valence electrons. The molecule has 0 aromatic carbocycles. The summed E-state index contributed by atoms with van der Waals surface area (Å²) in [5, 5.41) is 10.6. The molecule has 0 saturated carbocycles. The Balaban J connectivity index is 5.15. The third kappa shape index (κ3) is 76.3. The average Bonchev–Trinajstić information content (AvgIpc) is 0.916. The molecule has 0 amide bonds. The quantitative estimate of drug-likeness (QED) is 0.0222. The van der Waals surface area contributed by atoms with E-state index < -0.39 is 97.5 Å². The third-order valence-corrected chi connectivity index (χ3v) is 21.4. The minimum Gasteiger partial charge on any atom is -0.462 e. The van der Waals surface area contributed by atoms with Crippen LogP contribution in [0.1, 0.15) is 440 Å². The minimum absolute atomic E-state index is 0.106. The maximum atomic E-state index is 13.1. The van der Waals surface area contributed by atoms with Gasteiger partial charge >= 0.3 is 39.5 Å². The van der Waals surface area contributed by atoms with Gasteiger partial charge in [-0.05, 0) is 37.5 Å². The van der Waals surface area contributed by atoms with Gasteiger partial charge < -0.3 is 33.8 Å². The fraction of sp³-hybridized carbons (Fsp3) is 0.952. The van der Waals surface area contributed by atoms with Gasteiger partial charge in [-0.15, -0.1) is 0 Å². The van der Waals surface area contributed by atoms with Gasteiger partial charge in [-0.25, -0.2) is 9.13 Å². The first-order valence-electron chi connectivity index (χ1n) is 43.0. The molecule has 0 aliphatic heterocycles. The maximum absolute atomic E-state index is 13.1. The first-order valence-corrected chi connectivity index (χ1v) is 46.0. The lowest BCUT2D eigenvalue weighted by molar-refractivity contribution is -0.161. The van der Waals surface area contributed by atoms with Crippen LogP contribution in [-0.2, 0) is 65.4 Å². The number of aliphatic hydroxyl groups is 1. The van der Waals surface area contributed by atoms with Gasteiger partial charge in [0, 0.05) is 25.7 Å². The van der Waals surface area contributed by atoms with Gasteiger partial charge in [0.05, 0.1) is 26.4 Å². The summed E-state index contributed by atoms with van der Waals surface area (Å²) in [4.78, 5) is 72.9. The van der Waals surface area contributed by atoms with E-state index in [1.807, 2.05) is 0 Å². The number of hydrogen-bond donors (Lipinski definition) is 3. The molecular formula is C83H162O17P2. The Morgan fingerprint density at radius 3 is 0.667 bits per heavy atom. The van der Waals surface area contributed by atoms with Crippen molar-refractivity contribution < 1.29 is 80.2 Å². The van der Waals surface area contributed by atoms with Gasteiger partial charge in [0.25, 0.3) is 0 Å². The van der Waals surface area contributed by atoms with Crippen LogP contribution >= 0.6 is 15.6 Å². The summed E-state index contributed by atoms with van der Waals surface area (Å²) in [5.41, 5.74) is 0. The highest BCUT2D eigenvalue weighted by atomic mass is 31.2. The molecule has 0 spiro atoms. The van der Waals surface area contributed by atoms with E-state index in [0.717, 1.165) is 102 Å². The summed E-state index contributed by atoms with van der Waals surface area (Å²) in [6.07, 6.45) is 65.7. The summed E-state index contributed by atoms with van der Waals surface area (Å²) in [5.74, 6) is -0.608. The summed E-state index contributed by atoms with van der Waals surface area (Å²) < 4.78 is 68.6. The Morgan fingerprint density at radius 1 is 0.265 bits per heavy atom. The molecule has 19 heteroatoms. The van der Waals surface area contributed by atoms with Crippen molar-refractivity contribution in [3.05, 3.63) is 0 Å². The number of esters is 4. The molecule has 3 N–H and O–H groups in total. The minimum atomic E-state index is -4.96. The van der Waals surface area contributed by atoms with Crippen LogP contribution in [0.3, 0.4) is 0 Å². The second-order valence-corrected chi connectivity index (χ2v) is 33.7. The summed E-state index contributed by atoms with van der Waals surface area (Å²) >= 11 is 0. The van der Waals surface area contributed by atoms with Crippen LogP contribution < -0.4 is 0 Å². The fourth-order valence-electron chi connectivity index (χ4n) is 12.9. The molecule has 0 aromatic heterocycles. The fourth-order valence-corrected chi connectivity index (χ4v) is 14.5. The van der Waals surface area contributed by atoms with Crippen molar-refractivity contribution in [3.8, 4) is 0 Å². The van der Waals surface area contributed by atoms with Crippen molar-refractivity contribution in [1.82, 2.24) is 0 Å². The molecule has 0 radical (unpaired) electrons. The number of phosphoric acid groups is 2. The predicted octanol–water partition coefficient (Wildman–Crippen LogP) is 25.1. The van der Waals surface area contributed by atoms with Gasteiger partial charge in [0.1, 0.15) is 19.3 Å². The highest BCUT2D eigenvalue weighted by Crippen LogP contribution is 2.45. The Labute approximate surface area is 626 Å². The molecule has 0 aliphatic rings. The molecule has 5 atom stereocenters. The van der Waals surface area contributed by atoms with Gasteiger partial charge in [0.2, 0.25) is 0 Å². The van der Waals surface area contributed by atoms with Crippen LogP contribution in [0.5, 0.6) is 0 Å². The standard InChI is InChI=1S/C83H162O17P2/c1-7-9-11-13-15-17-19-20-21-22-23-24-25-26-31-34-37-40-44-48-56-62-68-83(88)99-78(71-93-80(85)65-59-53-46-43-39-36-33-30-28-27-29-32-35-38-41-45-51-57-63-75(3)4)73-97-101(89,90)95-69-77(84)70-96-102(91,92)98-74-79(72-94-81(86)66-60-54-50-49-52-58-64-76(5)6)100-82(87)67-61-55-47-42-18-16-14-12-10-8-2/h75-79,84H,7-74H2,1-6H3,(H,89,90)(H,91,92)/t77-,78-,79-/m1/s1. The number of hydrogen-bond acceptors (Lipinski definition) is 15. The zero-order valence-corrected chi connectivity index (χ0v) is 68.7. The van der Waals surface area contributed by atoms with Crippen molar-refractivity contribution in [1.29, 1.82) is 0 Å². The van der Waals surface area contributed by atoms with Crippen molar-refractivity contribution in [2.45, 2.75) is 458 Å². The van der Waals surface area contributed by atoms with E-state index >= 15 is 0 Å². The molecule has 0 fully saturated rings. The van der Waals surface area contributed by atoms with E-state index in [0.29, 0.717) is 31.6 Å². The van der Waals surface area contributed by atoms with E-state index in [4.69, 9.17) is 37.0 Å². The molecule has 0 saturated heterocycles. The van der Waals surface area contributed by atoms with E-state index in [2.05, 4.69) is 41.5 Å². The molecule has 0 bridgehead atoms. The molecule has 17 nitrogen and oxygen atoms in total. The van der Waals surface area contributed by atoms with Crippen LogP contribution in [-0.4, -0.2) is 96.7 Å². The van der Waals surface area contributed by atoms with Crippen molar-refractivity contribution in [3.63, 3.8) is 0 Å². The summed E-state index contributed by atoms with van der Waals surface area (Å²) in [6.45, 7) is 9.58. The molecule has 2 unspecified atom stereocenters. The van der Waals surface area contributed by atoms with Gasteiger partial charge in [-0.2, -0.15) is 0 Å². The Hall–Kier alpha value is -1.94. The monoisotopic (exact) mass is 1490 g/mol. The molecule has 0 aromatic rings. The molecular weight excluding hydrogens is 1330 g/mol. The Bertz CT molecular complexity index is 1960. The van der Waals surface area contributed by atoms with E-state index in [9.17, 15) is 43.2 Å². The van der Waals surface area contributed by atoms with Crippen LogP contribution in [0.25, 0.3) is 0 Å². The maximum Gasteiger partial charge on any atom is 0.472 e. The molecule has 0 rings (SSSR count). The van der Waals surface area contributed by atoms with Crippen molar-refractivity contribution >= 4 is 39.5 Å². The zero-order chi connectivity index (χ0) is 74.9.